The Kier molecular flexibility index (Phi) is 3.25. The molecule has 0 aliphatic rings. The van der Waals surface area contributed by atoms with Crippen LogP contribution in [0.3, 0.4) is 0 Å². The van der Waals surface area contributed by atoms with Crippen LogP contribution in [0.4, 0.5) is 10.1 Å². The molecule has 0 aromatic heterocycles. The molecular formula is C10H15FN2. The molecule has 1 rings (SSSR count). The molecule has 3 N–H and O–H groups in total. The van der Waals surface area contributed by atoms with Crippen LogP contribution in [0.15, 0.2) is 24.3 Å². The van der Waals surface area contributed by atoms with Crippen molar-refractivity contribution in [1.82, 2.24) is 0 Å². The Hall–Kier alpha value is -1.09. The molecule has 0 saturated carbocycles. The zero-order chi connectivity index (χ0) is 9.84. The van der Waals surface area contributed by atoms with Crippen molar-refractivity contribution in [2.24, 2.45) is 11.7 Å². The molecule has 0 spiro atoms. The second-order valence-corrected chi connectivity index (χ2v) is 3.42. The van der Waals surface area contributed by atoms with Crippen molar-refractivity contribution in [2.45, 2.75) is 20.0 Å². The molecule has 1 aromatic carbocycles. The van der Waals surface area contributed by atoms with Gasteiger partial charge < -0.3 is 11.1 Å². The molecule has 13 heavy (non-hydrogen) atoms. The Bertz CT molecular complexity index is 256. The van der Waals surface area contributed by atoms with Gasteiger partial charge in [0.1, 0.15) is 5.82 Å². The van der Waals surface area contributed by atoms with Gasteiger partial charge in [-0.05, 0) is 30.2 Å². The summed E-state index contributed by atoms with van der Waals surface area (Å²) in [5, 5.41) is 3.08. The minimum atomic E-state index is -0.233. The number of nitrogens with one attached hydrogen (secondary N) is 1. The maximum absolute atomic E-state index is 12.5. The van der Waals surface area contributed by atoms with E-state index in [4.69, 9.17) is 5.73 Å². The summed E-state index contributed by atoms with van der Waals surface area (Å²) in [4.78, 5) is 0. The van der Waals surface area contributed by atoms with Gasteiger partial charge in [0.25, 0.3) is 0 Å². The first-order valence-electron chi connectivity index (χ1n) is 4.37. The van der Waals surface area contributed by atoms with E-state index in [1.165, 1.54) is 12.1 Å². The highest BCUT2D eigenvalue weighted by Crippen LogP contribution is 2.10. The first kappa shape index (κ1) is 9.99. The lowest BCUT2D eigenvalue weighted by Crippen LogP contribution is -2.34. The monoisotopic (exact) mass is 182 g/mol. The number of rotatable bonds is 3. The average Bonchev–Trinajstić information content (AvgIpc) is 2.08. The van der Waals surface area contributed by atoms with Crippen molar-refractivity contribution in [2.75, 3.05) is 5.32 Å². The van der Waals surface area contributed by atoms with Crippen LogP contribution in [0.25, 0.3) is 0 Å². The highest BCUT2D eigenvalue weighted by molar-refractivity contribution is 5.43. The minimum absolute atomic E-state index is 0.0922. The van der Waals surface area contributed by atoms with E-state index in [2.05, 4.69) is 5.32 Å². The Balaban J connectivity index is 2.59. The number of anilines is 1. The highest BCUT2D eigenvalue weighted by Gasteiger charge is 2.06. The lowest BCUT2D eigenvalue weighted by Gasteiger charge is -2.18. The van der Waals surface area contributed by atoms with Crippen molar-refractivity contribution in [1.29, 1.82) is 0 Å². The summed E-state index contributed by atoms with van der Waals surface area (Å²) in [6.45, 7) is 4.06. The molecule has 0 saturated heterocycles. The third-order valence-corrected chi connectivity index (χ3v) is 1.90. The highest BCUT2D eigenvalue weighted by atomic mass is 19.1. The topological polar surface area (TPSA) is 38.0 Å². The van der Waals surface area contributed by atoms with E-state index in [0.29, 0.717) is 5.92 Å². The third-order valence-electron chi connectivity index (χ3n) is 1.90. The van der Waals surface area contributed by atoms with E-state index < -0.39 is 0 Å². The van der Waals surface area contributed by atoms with Crippen LogP contribution in [0.1, 0.15) is 13.8 Å². The smallest absolute Gasteiger partial charge is 0.123 e. The average molecular weight is 182 g/mol. The number of hydrogen-bond acceptors (Lipinski definition) is 2. The Labute approximate surface area is 77.9 Å². The molecule has 0 heterocycles. The van der Waals surface area contributed by atoms with Crippen LogP contribution in [-0.4, -0.2) is 6.17 Å². The molecule has 0 bridgehead atoms. The van der Waals surface area contributed by atoms with Gasteiger partial charge in [-0.15, -0.1) is 0 Å². The first-order valence-corrected chi connectivity index (χ1v) is 4.37. The van der Waals surface area contributed by atoms with Crippen molar-refractivity contribution in [3.05, 3.63) is 30.1 Å². The van der Waals surface area contributed by atoms with Crippen molar-refractivity contribution in [3.63, 3.8) is 0 Å². The van der Waals surface area contributed by atoms with Gasteiger partial charge in [-0.3, -0.25) is 0 Å². The SMILES string of the molecule is CC(C)C(N)Nc1ccc(F)cc1. The van der Waals surface area contributed by atoms with Crippen LogP contribution < -0.4 is 11.1 Å². The molecule has 2 nitrogen and oxygen atoms in total. The zero-order valence-electron chi connectivity index (χ0n) is 7.92. The summed E-state index contributed by atoms with van der Waals surface area (Å²) in [7, 11) is 0. The summed E-state index contributed by atoms with van der Waals surface area (Å²) in [6, 6.07) is 6.18. The van der Waals surface area contributed by atoms with E-state index in [1.54, 1.807) is 12.1 Å². The van der Waals surface area contributed by atoms with Crippen LogP contribution in [-0.2, 0) is 0 Å². The number of nitrogens with two attached hydrogens (primary N) is 1. The van der Waals surface area contributed by atoms with Crippen LogP contribution in [0.5, 0.6) is 0 Å². The molecule has 0 amide bonds. The van der Waals surface area contributed by atoms with Crippen LogP contribution >= 0.6 is 0 Å². The Morgan fingerprint density at radius 2 is 1.77 bits per heavy atom. The predicted molar refractivity (Wildman–Crippen MR) is 52.8 cm³/mol. The molecule has 1 atom stereocenters. The standard InChI is InChI=1S/C10H15FN2/c1-7(2)10(12)13-9-5-3-8(11)4-6-9/h3-7,10,13H,12H2,1-2H3. The summed E-state index contributed by atoms with van der Waals surface area (Å²) >= 11 is 0. The third kappa shape index (κ3) is 3.03. The lowest BCUT2D eigenvalue weighted by atomic mass is 10.1. The van der Waals surface area contributed by atoms with E-state index >= 15 is 0 Å². The zero-order valence-corrected chi connectivity index (χ0v) is 7.92. The molecule has 0 aliphatic carbocycles. The van der Waals surface area contributed by atoms with Crippen molar-refractivity contribution in [3.8, 4) is 0 Å². The van der Waals surface area contributed by atoms with Gasteiger partial charge in [0.2, 0.25) is 0 Å². The molecule has 1 unspecified atom stereocenters. The van der Waals surface area contributed by atoms with Crippen molar-refractivity contribution >= 4 is 5.69 Å². The fourth-order valence-corrected chi connectivity index (χ4v) is 0.905. The maximum Gasteiger partial charge on any atom is 0.123 e. The molecule has 0 radical (unpaired) electrons. The number of halogens is 1. The van der Waals surface area contributed by atoms with Gasteiger partial charge in [0.05, 0.1) is 6.17 Å². The maximum atomic E-state index is 12.5. The Morgan fingerprint density at radius 3 is 2.23 bits per heavy atom. The molecule has 3 heteroatoms. The summed E-state index contributed by atoms with van der Waals surface area (Å²) in [5.41, 5.74) is 6.63. The van der Waals surface area contributed by atoms with Gasteiger partial charge in [-0.1, -0.05) is 13.8 Å². The lowest BCUT2D eigenvalue weighted by molar-refractivity contribution is 0.540. The second-order valence-electron chi connectivity index (χ2n) is 3.42. The second kappa shape index (κ2) is 4.23. The van der Waals surface area contributed by atoms with E-state index in [9.17, 15) is 4.39 Å². The first-order chi connectivity index (χ1) is 6.09. The van der Waals surface area contributed by atoms with Crippen molar-refractivity contribution < 1.29 is 4.39 Å². The fraction of sp³-hybridized carbons (Fsp3) is 0.400. The van der Waals surface area contributed by atoms with E-state index in [0.717, 1.165) is 5.69 Å². The van der Waals surface area contributed by atoms with Gasteiger partial charge >= 0.3 is 0 Å². The quantitative estimate of drug-likeness (QED) is 0.703. The minimum Gasteiger partial charge on any atom is -0.370 e. The number of benzene rings is 1. The Morgan fingerprint density at radius 1 is 1.23 bits per heavy atom. The fourth-order valence-electron chi connectivity index (χ4n) is 0.905. The number of hydrogen-bond donors (Lipinski definition) is 2. The normalized spacial score (nSPS) is 13.0. The predicted octanol–water partition coefficient (Wildman–Crippen LogP) is 2.18. The largest absolute Gasteiger partial charge is 0.370 e. The van der Waals surface area contributed by atoms with E-state index in [-0.39, 0.29) is 12.0 Å². The van der Waals surface area contributed by atoms with Gasteiger partial charge in [-0.2, -0.15) is 0 Å². The molecule has 1 aromatic rings. The van der Waals surface area contributed by atoms with E-state index in [1.807, 2.05) is 13.8 Å². The van der Waals surface area contributed by atoms with Gasteiger partial charge in [0, 0.05) is 5.69 Å². The summed E-state index contributed by atoms with van der Waals surface area (Å²) in [5.74, 6) is 0.119. The summed E-state index contributed by atoms with van der Waals surface area (Å²) in [6.07, 6.45) is -0.0922. The van der Waals surface area contributed by atoms with Gasteiger partial charge in [0.15, 0.2) is 0 Å². The molecule has 0 aliphatic heterocycles. The van der Waals surface area contributed by atoms with Crippen LogP contribution in [0.2, 0.25) is 0 Å². The van der Waals surface area contributed by atoms with Gasteiger partial charge in [-0.25, -0.2) is 4.39 Å². The van der Waals surface area contributed by atoms with Crippen LogP contribution in [0, 0.1) is 11.7 Å². The molecule has 72 valence electrons. The molecule has 0 fully saturated rings. The summed E-state index contributed by atoms with van der Waals surface area (Å²) < 4.78 is 12.5. The molecular weight excluding hydrogens is 167 g/mol.